The predicted octanol–water partition coefficient (Wildman–Crippen LogP) is 1.83. The van der Waals surface area contributed by atoms with Crippen molar-refractivity contribution in [1.29, 1.82) is 0 Å². The van der Waals surface area contributed by atoms with Crippen LogP contribution in [0.1, 0.15) is 22.8 Å². The highest BCUT2D eigenvalue weighted by molar-refractivity contribution is 9.10. The molecule has 0 heterocycles. The van der Waals surface area contributed by atoms with Crippen LogP contribution >= 0.6 is 15.9 Å². The van der Waals surface area contributed by atoms with E-state index in [2.05, 4.69) is 21.2 Å². The minimum atomic E-state index is -0.0892. The highest BCUT2D eigenvalue weighted by atomic mass is 79.9. The third kappa shape index (κ3) is 3.32. The van der Waals surface area contributed by atoms with Gasteiger partial charge in [0.15, 0.2) is 0 Å². The van der Waals surface area contributed by atoms with Gasteiger partial charge in [0.05, 0.1) is 0 Å². The lowest BCUT2D eigenvalue weighted by Gasteiger charge is -2.11. The first-order valence-corrected chi connectivity index (χ1v) is 5.61. The minimum Gasteiger partial charge on any atom is -0.348 e. The van der Waals surface area contributed by atoms with Crippen LogP contribution in [0.4, 0.5) is 0 Å². The Morgan fingerprint density at radius 1 is 1.60 bits per heavy atom. The largest absolute Gasteiger partial charge is 0.348 e. The number of rotatable bonds is 3. The summed E-state index contributed by atoms with van der Waals surface area (Å²) in [5.74, 6) is -0.0892. The third-order valence-electron chi connectivity index (χ3n) is 2.17. The van der Waals surface area contributed by atoms with Crippen molar-refractivity contribution in [2.75, 3.05) is 6.54 Å². The number of carbonyl (C=O) groups is 1. The van der Waals surface area contributed by atoms with Gasteiger partial charge in [-0.3, -0.25) is 4.79 Å². The van der Waals surface area contributed by atoms with Crippen molar-refractivity contribution in [3.8, 4) is 0 Å². The first-order chi connectivity index (χ1) is 7.04. The number of hydrogen-bond donors (Lipinski definition) is 2. The molecule has 0 fully saturated rings. The third-order valence-corrected chi connectivity index (χ3v) is 3.02. The van der Waals surface area contributed by atoms with E-state index in [1.54, 1.807) is 6.07 Å². The topological polar surface area (TPSA) is 55.1 Å². The van der Waals surface area contributed by atoms with Crippen LogP contribution in [0.5, 0.6) is 0 Å². The number of benzene rings is 1. The van der Waals surface area contributed by atoms with Crippen LogP contribution in [0.2, 0.25) is 0 Å². The second kappa shape index (κ2) is 5.28. The quantitative estimate of drug-likeness (QED) is 0.881. The number of halogens is 1. The summed E-state index contributed by atoms with van der Waals surface area (Å²) in [7, 11) is 0. The molecule has 1 rings (SSSR count). The zero-order chi connectivity index (χ0) is 11.4. The predicted molar refractivity (Wildman–Crippen MR) is 64.9 cm³/mol. The lowest BCUT2D eigenvalue weighted by Crippen LogP contribution is -2.37. The molecule has 0 aromatic heterocycles. The number of amides is 1. The standard InChI is InChI=1S/C11H15BrN2O/c1-7-3-4-9(5-10(7)12)11(15)14-8(2)6-13/h3-5,8H,6,13H2,1-2H3,(H,14,15)/t8-/m1/s1. The zero-order valence-corrected chi connectivity index (χ0v) is 10.5. The van der Waals surface area contributed by atoms with Gasteiger partial charge < -0.3 is 11.1 Å². The fraction of sp³-hybridized carbons (Fsp3) is 0.364. The molecule has 82 valence electrons. The zero-order valence-electron chi connectivity index (χ0n) is 8.88. The summed E-state index contributed by atoms with van der Waals surface area (Å²) in [6.07, 6.45) is 0. The maximum Gasteiger partial charge on any atom is 0.251 e. The number of nitrogens with one attached hydrogen (secondary N) is 1. The summed E-state index contributed by atoms with van der Waals surface area (Å²) in [5.41, 5.74) is 7.18. The smallest absolute Gasteiger partial charge is 0.251 e. The van der Waals surface area contributed by atoms with Gasteiger partial charge >= 0.3 is 0 Å². The maximum atomic E-state index is 11.7. The van der Waals surface area contributed by atoms with Crippen LogP contribution in [-0.4, -0.2) is 18.5 Å². The van der Waals surface area contributed by atoms with Crippen LogP contribution in [0.25, 0.3) is 0 Å². The van der Waals surface area contributed by atoms with Gasteiger partial charge in [-0.1, -0.05) is 22.0 Å². The molecule has 1 aromatic carbocycles. The van der Waals surface area contributed by atoms with Crippen LogP contribution in [0.3, 0.4) is 0 Å². The Bertz CT molecular complexity index is 366. The van der Waals surface area contributed by atoms with Gasteiger partial charge in [0.25, 0.3) is 5.91 Å². The highest BCUT2D eigenvalue weighted by Gasteiger charge is 2.09. The molecule has 0 radical (unpaired) electrons. The lowest BCUT2D eigenvalue weighted by molar-refractivity contribution is 0.0941. The first kappa shape index (κ1) is 12.2. The normalized spacial score (nSPS) is 12.3. The molecule has 15 heavy (non-hydrogen) atoms. The van der Waals surface area contributed by atoms with Crippen molar-refractivity contribution in [1.82, 2.24) is 5.32 Å². The summed E-state index contributed by atoms with van der Waals surface area (Å²) in [4.78, 5) is 11.7. The average Bonchev–Trinajstić information content (AvgIpc) is 2.21. The van der Waals surface area contributed by atoms with Crippen LogP contribution in [0.15, 0.2) is 22.7 Å². The van der Waals surface area contributed by atoms with Gasteiger partial charge in [-0.15, -0.1) is 0 Å². The molecule has 0 saturated carbocycles. The number of hydrogen-bond acceptors (Lipinski definition) is 2. The van der Waals surface area contributed by atoms with Crippen molar-refractivity contribution < 1.29 is 4.79 Å². The Hall–Kier alpha value is -0.870. The van der Waals surface area contributed by atoms with E-state index in [-0.39, 0.29) is 11.9 Å². The fourth-order valence-electron chi connectivity index (χ4n) is 1.10. The minimum absolute atomic E-state index is 0.00224. The first-order valence-electron chi connectivity index (χ1n) is 4.81. The molecule has 0 aliphatic heterocycles. The SMILES string of the molecule is Cc1ccc(C(=O)N[C@H](C)CN)cc1Br. The molecule has 0 bridgehead atoms. The molecule has 1 aromatic rings. The second-order valence-electron chi connectivity index (χ2n) is 3.57. The molecule has 1 amide bonds. The van der Waals surface area contributed by atoms with E-state index in [1.165, 1.54) is 0 Å². The van der Waals surface area contributed by atoms with Crippen LogP contribution < -0.4 is 11.1 Å². The van der Waals surface area contributed by atoms with Gasteiger partial charge in [-0.05, 0) is 31.5 Å². The molecule has 0 aliphatic carbocycles. The molecule has 0 saturated heterocycles. The van der Waals surface area contributed by atoms with Crippen molar-refractivity contribution in [3.05, 3.63) is 33.8 Å². The van der Waals surface area contributed by atoms with Gasteiger partial charge in [0.2, 0.25) is 0 Å². The number of aryl methyl sites for hydroxylation is 1. The van der Waals surface area contributed by atoms with E-state index in [1.807, 2.05) is 26.0 Å². The Morgan fingerprint density at radius 2 is 2.27 bits per heavy atom. The van der Waals surface area contributed by atoms with Crippen LogP contribution in [-0.2, 0) is 0 Å². The number of carbonyl (C=O) groups excluding carboxylic acids is 1. The van der Waals surface area contributed by atoms with Crippen molar-refractivity contribution >= 4 is 21.8 Å². The molecule has 1 atom stereocenters. The van der Waals surface area contributed by atoms with E-state index < -0.39 is 0 Å². The fourth-order valence-corrected chi connectivity index (χ4v) is 1.48. The molecule has 3 N–H and O–H groups in total. The highest BCUT2D eigenvalue weighted by Crippen LogP contribution is 2.17. The maximum absolute atomic E-state index is 11.7. The van der Waals surface area contributed by atoms with Crippen molar-refractivity contribution in [2.45, 2.75) is 19.9 Å². The monoisotopic (exact) mass is 270 g/mol. The molecular formula is C11H15BrN2O. The Kier molecular flexibility index (Phi) is 4.29. The molecule has 0 spiro atoms. The van der Waals surface area contributed by atoms with Crippen LogP contribution in [0, 0.1) is 6.92 Å². The molecule has 4 heteroatoms. The molecule has 0 aliphatic rings. The van der Waals surface area contributed by atoms with Gasteiger partial charge in [0.1, 0.15) is 0 Å². The van der Waals surface area contributed by atoms with E-state index >= 15 is 0 Å². The summed E-state index contributed by atoms with van der Waals surface area (Å²) < 4.78 is 0.940. The Labute approximate surface area is 98.2 Å². The Balaban J connectivity index is 2.78. The molecular weight excluding hydrogens is 256 g/mol. The van der Waals surface area contributed by atoms with Gasteiger partial charge in [0, 0.05) is 22.6 Å². The van der Waals surface area contributed by atoms with E-state index in [0.717, 1.165) is 10.0 Å². The Morgan fingerprint density at radius 3 is 2.80 bits per heavy atom. The van der Waals surface area contributed by atoms with E-state index in [0.29, 0.717) is 12.1 Å². The number of nitrogens with two attached hydrogens (primary N) is 1. The van der Waals surface area contributed by atoms with Gasteiger partial charge in [-0.25, -0.2) is 0 Å². The van der Waals surface area contributed by atoms with Gasteiger partial charge in [-0.2, -0.15) is 0 Å². The average molecular weight is 271 g/mol. The van der Waals surface area contributed by atoms with Crippen molar-refractivity contribution in [2.24, 2.45) is 5.73 Å². The van der Waals surface area contributed by atoms with E-state index in [9.17, 15) is 4.79 Å². The van der Waals surface area contributed by atoms with E-state index in [4.69, 9.17) is 5.73 Å². The summed E-state index contributed by atoms with van der Waals surface area (Å²) in [6, 6.07) is 5.52. The molecule has 3 nitrogen and oxygen atoms in total. The van der Waals surface area contributed by atoms with Crippen molar-refractivity contribution in [3.63, 3.8) is 0 Å². The summed E-state index contributed by atoms with van der Waals surface area (Å²) >= 11 is 3.39. The second-order valence-corrected chi connectivity index (χ2v) is 4.43. The summed E-state index contributed by atoms with van der Waals surface area (Å²) in [6.45, 7) is 4.30. The molecule has 0 unspecified atom stereocenters. The lowest BCUT2D eigenvalue weighted by atomic mass is 10.1. The summed E-state index contributed by atoms with van der Waals surface area (Å²) in [5, 5.41) is 2.81.